The van der Waals surface area contributed by atoms with E-state index >= 15 is 0 Å². The van der Waals surface area contributed by atoms with E-state index in [1.165, 1.54) is 0 Å². The Morgan fingerprint density at radius 3 is 2.17 bits per heavy atom. The van der Waals surface area contributed by atoms with Crippen LogP contribution < -0.4 is 0 Å². The molecule has 0 saturated carbocycles. The minimum Gasteiger partial charge on any atom is -0.390 e. The van der Waals surface area contributed by atoms with Crippen molar-refractivity contribution in [2.45, 2.75) is 6.10 Å². The molecule has 1 unspecified atom stereocenters. The van der Waals surface area contributed by atoms with Gasteiger partial charge in [0.15, 0.2) is 0 Å². The number of hydrogen-bond donors (Lipinski definition) is 1. The Balaban J connectivity index is 2.11. The molecule has 1 aliphatic heterocycles. The largest absolute Gasteiger partial charge is 0.390 e. The number of nitrogens with zero attached hydrogens (tertiary/aromatic N) is 1. The number of hydrogen-bond acceptors (Lipinski definition) is 2. The highest BCUT2D eigenvalue weighted by atomic mass is 31.0. The first-order chi connectivity index (χ1) is 2.79. The summed E-state index contributed by atoms with van der Waals surface area (Å²) in [5.74, 6) is 0. The van der Waals surface area contributed by atoms with Crippen LogP contribution in [0.2, 0.25) is 0 Å². The molecule has 2 nitrogen and oxygen atoms in total. The number of β-amino-alcohol motifs (C(OH)–C–C–N with tert-alkyl or cyclic N) is 1. The van der Waals surface area contributed by atoms with Gasteiger partial charge in [0.1, 0.15) is 0 Å². The van der Waals surface area contributed by atoms with Crippen LogP contribution in [-0.4, -0.2) is 29.0 Å². The Morgan fingerprint density at radius 1 is 1.67 bits per heavy atom. The van der Waals surface area contributed by atoms with Gasteiger partial charge in [0.2, 0.25) is 0 Å². The van der Waals surface area contributed by atoms with Gasteiger partial charge in [-0.2, -0.15) is 0 Å². The maximum absolute atomic E-state index is 8.56. The fourth-order valence-corrected chi connectivity index (χ4v) is 0.975. The summed E-state index contributed by atoms with van der Waals surface area (Å²) in [5.41, 5.74) is 0. The monoisotopic (exact) mass is 105 g/mol. The minimum atomic E-state index is -0.0532. The van der Waals surface area contributed by atoms with E-state index in [9.17, 15) is 0 Å². The van der Waals surface area contributed by atoms with Crippen molar-refractivity contribution in [3.8, 4) is 0 Å². The Morgan fingerprint density at radius 2 is 2.17 bits per heavy atom. The Bertz CT molecular complexity index is 46.8. The Labute approximate surface area is 39.4 Å². The molecule has 1 saturated heterocycles. The minimum absolute atomic E-state index is 0.0532. The average Bonchev–Trinajstić information content (AvgIpc) is 1.33. The van der Waals surface area contributed by atoms with E-state index in [1.807, 2.05) is 4.67 Å². The zero-order chi connectivity index (χ0) is 4.57. The van der Waals surface area contributed by atoms with Gasteiger partial charge in [0.25, 0.3) is 0 Å². The van der Waals surface area contributed by atoms with Crippen molar-refractivity contribution in [1.29, 1.82) is 0 Å². The van der Waals surface area contributed by atoms with Crippen molar-refractivity contribution in [2.75, 3.05) is 13.1 Å². The maximum Gasteiger partial charge on any atom is 0.0800 e. The molecule has 0 aromatic rings. The lowest BCUT2D eigenvalue weighted by molar-refractivity contribution is 0.0610. The van der Waals surface area contributed by atoms with Gasteiger partial charge in [-0.25, -0.2) is 0 Å². The third-order valence-electron chi connectivity index (χ3n) is 0.891. The molecule has 1 atom stereocenters. The first-order valence-corrected chi connectivity index (χ1v) is 2.48. The van der Waals surface area contributed by atoms with Crippen molar-refractivity contribution in [3.63, 3.8) is 0 Å². The van der Waals surface area contributed by atoms with Gasteiger partial charge in [0.05, 0.1) is 6.10 Å². The molecule has 1 N–H and O–H groups in total. The summed E-state index contributed by atoms with van der Waals surface area (Å²) in [4.78, 5) is 0. The third kappa shape index (κ3) is 0.700. The van der Waals surface area contributed by atoms with Crippen LogP contribution in [0.5, 0.6) is 0 Å². The summed E-state index contributed by atoms with van der Waals surface area (Å²) >= 11 is 0. The maximum atomic E-state index is 8.56. The van der Waals surface area contributed by atoms with Gasteiger partial charge in [0, 0.05) is 13.1 Å². The molecule has 1 aliphatic rings. The van der Waals surface area contributed by atoms with Crippen LogP contribution >= 0.6 is 9.39 Å². The highest BCUT2D eigenvalue weighted by molar-refractivity contribution is 7.13. The molecule has 0 aromatic heterocycles. The van der Waals surface area contributed by atoms with Gasteiger partial charge >= 0.3 is 0 Å². The molecule has 0 aliphatic carbocycles. The summed E-state index contributed by atoms with van der Waals surface area (Å²) in [6.45, 7) is 1.65. The van der Waals surface area contributed by atoms with Crippen molar-refractivity contribution < 1.29 is 5.11 Å². The predicted octanol–water partition coefficient (Wildman–Crippen LogP) is -0.547. The molecule has 36 valence electrons. The molecule has 0 amide bonds. The van der Waals surface area contributed by atoms with Gasteiger partial charge in [-0.3, -0.25) is 4.67 Å². The molecule has 6 heavy (non-hydrogen) atoms. The molecule has 0 bridgehead atoms. The molecule has 0 aromatic carbocycles. The van der Waals surface area contributed by atoms with Gasteiger partial charge < -0.3 is 5.11 Å². The van der Waals surface area contributed by atoms with Gasteiger partial charge in [-0.1, -0.05) is 9.39 Å². The van der Waals surface area contributed by atoms with Crippen molar-refractivity contribution in [1.82, 2.24) is 4.67 Å². The van der Waals surface area contributed by atoms with Gasteiger partial charge in [-0.05, 0) is 0 Å². The average molecular weight is 105 g/mol. The molecule has 0 spiro atoms. The van der Waals surface area contributed by atoms with E-state index in [0.717, 1.165) is 13.1 Å². The molecule has 1 rings (SSSR count). The Kier molecular flexibility index (Phi) is 1.09. The second-order valence-electron chi connectivity index (χ2n) is 1.61. The van der Waals surface area contributed by atoms with Gasteiger partial charge in [-0.15, -0.1) is 0 Å². The highest BCUT2D eigenvalue weighted by Gasteiger charge is 2.19. The molecule has 0 radical (unpaired) electrons. The molecular weight excluding hydrogens is 97.0 g/mol. The standard InChI is InChI=1S/C3H8NOP/c5-3-1-4(6)2-3/h3,5H,1-2,6H2. The Hall–Kier alpha value is 0.350. The lowest BCUT2D eigenvalue weighted by Gasteiger charge is -2.31. The molecule has 1 heterocycles. The van der Waals surface area contributed by atoms with E-state index in [2.05, 4.69) is 9.39 Å². The lowest BCUT2D eigenvalue weighted by Crippen LogP contribution is -2.44. The zero-order valence-electron chi connectivity index (χ0n) is 3.46. The van der Waals surface area contributed by atoms with E-state index in [0.29, 0.717) is 0 Å². The zero-order valence-corrected chi connectivity index (χ0v) is 4.62. The van der Waals surface area contributed by atoms with E-state index in [1.54, 1.807) is 0 Å². The lowest BCUT2D eigenvalue weighted by atomic mass is 10.2. The first kappa shape index (κ1) is 4.51. The SMILES string of the molecule is OC1CN(P)C1. The van der Waals surface area contributed by atoms with E-state index in [4.69, 9.17) is 5.11 Å². The van der Waals surface area contributed by atoms with Crippen molar-refractivity contribution in [2.24, 2.45) is 0 Å². The smallest absolute Gasteiger partial charge is 0.0800 e. The fourth-order valence-electron chi connectivity index (χ4n) is 0.488. The second-order valence-corrected chi connectivity index (χ2v) is 2.34. The van der Waals surface area contributed by atoms with E-state index in [-0.39, 0.29) is 6.10 Å². The summed E-state index contributed by atoms with van der Waals surface area (Å²) in [6.07, 6.45) is -0.0532. The number of rotatable bonds is 0. The summed E-state index contributed by atoms with van der Waals surface area (Å²) < 4.78 is 1.99. The molecule has 1 fully saturated rings. The van der Waals surface area contributed by atoms with Crippen molar-refractivity contribution in [3.05, 3.63) is 0 Å². The third-order valence-corrected chi connectivity index (χ3v) is 1.31. The normalized spacial score (nSPS) is 27.0. The predicted molar refractivity (Wildman–Crippen MR) is 27.3 cm³/mol. The summed E-state index contributed by atoms with van der Waals surface area (Å²) in [7, 11) is 2.52. The van der Waals surface area contributed by atoms with Crippen LogP contribution in [0.4, 0.5) is 0 Å². The van der Waals surface area contributed by atoms with Crippen LogP contribution in [0.15, 0.2) is 0 Å². The number of aliphatic hydroxyl groups is 1. The number of aliphatic hydroxyl groups excluding tert-OH is 1. The second kappa shape index (κ2) is 1.45. The summed E-state index contributed by atoms with van der Waals surface area (Å²) in [6, 6.07) is 0. The summed E-state index contributed by atoms with van der Waals surface area (Å²) in [5, 5.41) is 8.56. The van der Waals surface area contributed by atoms with Crippen LogP contribution in [-0.2, 0) is 0 Å². The molecular formula is C3H8NOP. The quantitative estimate of drug-likeness (QED) is 0.418. The van der Waals surface area contributed by atoms with E-state index < -0.39 is 0 Å². The first-order valence-electron chi connectivity index (χ1n) is 1.97. The van der Waals surface area contributed by atoms with Crippen LogP contribution in [0, 0.1) is 0 Å². The van der Waals surface area contributed by atoms with Crippen LogP contribution in [0.25, 0.3) is 0 Å². The molecule has 3 heteroatoms. The van der Waals surface area contributed by atoms with Crippen LogP contribution in [0.1, 0.15) is 0 Å². The topological polar surface area (TPSA) is 23.5 Å². The highest BCUT2D eigenvalue weighted by Crippen LogP contribution is 2.10. The van der Waals surface area contributed by atoms with Crippen LogP contribution in [0.3, 0.4) is 0 Å². The fraction of sp³-hybridized carbons (Fsp3) is 1.00. The van der Waals surface area contributed by atoms with Crippen molar-refractivity contribution >= 4 is 9.39 Å².